The molecule has 1 saturated carbocycles. The number of anilines is 1. The van der Waals surface area contributed by atoms with E-state index in [4.69, 9.17) is 4.42 Å². The van der Waals surface area contributed by atoms with Gasteiger partial charge >= 0.3 is 0 Å². The molecule has 0 unspecified atom stereocenters. The molecule has 0 aliphatic heterocycles. The summed E-state index contributed by atoms with van der Waals surface area (Å²) >= 11 is 4.88. The Balaban J connectivity index is 1.49. The Hall–Kier alpha value is -1.73. The molecule has 1 N–H and O–H groups in total. The van der Waals surface area contributed by atoms with E-state index in [1.165, 1.54) is 43.4 Å². The van der Waals surface area contributed by atoms with E-state index < -0.39 is 0 Å². The maximum atomic E-state index is 12.4. The van der Waals surface area contributed by atoms with E-state index in [9.17, 15) is 4.79 Å². The van der Waals surface area contributed by atoms with Crippen LogP contribution in [0.3, 0.4) is 0 Å². The standard InChI is InChI=1S/C17H16BrN3O2S/c18-12-6-7-13-11(8-12)9-14(23-13)15(22)19-17-21-20-16(24-17)10-4-2-1-3-5-10/h6-10H,1-5H2,(H,19,21,22). The van der Waals surface area contributed by atoms with Crippen molar-refractivity contribution in [2.75, 3.05) is 5.32 Å². The third kappa shape index (κ3) is 3.23. The highest BCUT2D eigenvalue weighted by Gasteiger charge is 2.21. The largest absolute Gasteiger partial charge is 0.451 e. The van der Waals surface area contributed by atoms with E-state index in [-0.39, 0.29) is 11.7 Å². The number of nitrogens with zero attached hydrogens (tertiary/aromatic N) is 2. The molecule has 1 aliphatic carbocycles. The smallest absolute Gasteiger partial charge is 0.293 e. The molecule has 7 heteroatoms. The average Bonchev–Trinajstić information content (AvgIpc) is 3.22. The minimum atomic E-state index is -0.298. The van der Waals surface area contributed by atoms with Crippen molar-refractivity contribution < 1.29 is 9.21 Å². The lowest BCUT2D eigenvalue weighted by molar-refractivity contribution is 0.0998. The minimum Gasteiger partial charge on any atom is -0.451 e. The van der Waals surface area contributed by atoms with Crippen molar-refractivity contribution in [2.24, 2.45) is 0 Å². The lowest BCUT2D eigenvalue weighted by Gasteiger charge is -2.18. The second-order valence-electron chi connectivity index (χ2n) is 6.03. The van der Waals surface area contributed by atoms with Crippen LogP contribution < -0.4 is 5.32 Å². The number of hydrogen-bond donors (Lipinski definition) is 1. The first-order valence-electron chi connectivity index (χ1n) is 8.03. The van der Waals surface area contributed by atoms with Crippen molar-refractivity contribution in [3.8, 4) is 0 Å². The predicted octanol–water partition coefficient (Wildman–Crippen LogP) is 5.35. The molecule has 2 aromatic heterocycles. The summed E-state index contributed by atoms with van der Waals surface area (Å²) in [6.45, 7) is 0. The van der Waals surface area contributed by atoms with Crippen molar-refractivity contribution in [3.63, 3.8) is 0 Å². The second-order valence-corrected chi connectivity index (χ2v) is 7.95. The number of rotatable bonds is 3. The topological polar surface area (TPSA) is 68.0 Å². The summed E-state index contributed by atoms with van der Waals surface area (Å²) < 4.78 is 6.55. The van der Waals surface area contributed by atoms with Gasteiger partial charge in [0.1, 0.15) is 10.6 Å². The van der Waals surface area contributed by atoms with Crippen LogP contribution in [0.2, 0.25) is 0 Å². The molecule has 3 aromatic rings. The van der Waals surface area contributed by atoms with Crippen LogP contribution >= 0.6 is 27.3 Å². The van der Waals surface area contributed by atoms with Gasteiger partial charge in [-0.25, -0.2) is 0 Å². The molecule has 124 valence electrons. The first-order valence-corrected chi connectivity index (χ1v) is 9.64. The fraction of sp³-hybridized carbons (Fsp3) is 0.353. The van der Waals surface area contributed by atoms with E-state index in [2.05, 4.69) is 31.4 Å². The maximum Gasteiger partial charge on any atom is 0.293 e. The van der Waals surface area contributed by atoms with Gasteiger partial charge in [0.25, 0.3) is 5.91 Å². The normalized spacial score (nSPS) is 15.7. The highest BCUT2D eigenvalue weighted by molar-refractivity contribution is 9.10. The van der Waals surface area contributed by atoms with Gasteiger partial charge < -0.3 is 4.42 Å². The fourth-order valence-electron chi connectivity index (χ4n) is 3.08. The van der Waals surface area contributed by atoms with Crippen molar-refractivity contribution in [3.05, 3.63) is 39.5 Å². The summed E-state index contributed by atoms with van der Waals surface area (Å²) in [6, 6.07) is 7.37. The molecule has 1 amide bonds. The minimum absolute atomic E-state index is 0.275. The van der Waals surface area contributed by atoms with Crippen LogP contribution in [0, 0.1) is 0 Å². The molecule has 24 heavy (non-hydrogen) atoms. The van der Waals surface area contributed by atoms with E-state index in [0.29, 0.717) is 16.6 Å². The third-order valence-electron chi connectivity index (χ3n) is 4.32. The monoisotopic (exact) mass is 405 g/mol. The van der Waals surface area contributed by atoms with Crippen LogP contribution in [-0.2, 0) is 0 Å². The number of carbonyl (C=O) groups is 1. The van der Waals surface area contributed by atoms with Crippen molar-refractivity contribution >= 4 is 49.3 Å². The Morgan fingerprint density at radius 2 is 2.04 bits per heavy atom. The summed E-state index contributed by atoms with van der Waals surface area (Å²) in [6.07, 6.45) is 6.14. The highest BCUT2D eigenvalue weighted by atomic mass is 79.9. The number of carbonyl (C=O) groups excluding carboxylic acids is 1. The number of aromatic nitrogens is 2. The number of hydrogen-bond acceptors (Lipinski definition) is 5. The first kappa shape index (κ1) is 15.8. The van der Waals surface area contributed by atoms with Gasteiger partial charge in [0.2, 0.25) is 5.13 Å². The molecule has 0 bridgehead atoms. The van der Waals surface area contributed by atoms with Gasteiger partial charge in [0.15, 0.2) is 5.76 Å². The molecule has 1 aliphatic rings. The number of halogens is 1. The van der Waals surface area contributed by atoms with Gasteiger partial charge in [0.05, 0.1) is 0 Å². The lowest BCUT2D eigenvalue weighted by atomic mass is 9.90. The molecular formula is C17H16BrN3O2S. The van der Waals surface area contributed by atoms with Gasteiger partial charge in [-0.15, -0.1) is 10.2 Å². The van der Waals surface area contributed by atoms with Crippen LogP contribution in [0.25, 0.3) is 11.0 Å². The molecular weight excluding hydrogens is 390 g/mol. The van der Waals surface area contributed by atoms with Gasteiger partial charge in [-0.2, -0.15) is 0 Å². The van der Waals surface area contributed by atoms with E-state index in [1.54, 1.807) is 6.07 Å². The molecule has 1 fully saturated rings. The van der Waals surface area contributed by atoms with Crippen LogP contribution in [0.4, 0.5) is 5.13 Å². The van der Waals surface area contributed by atoms with Crippen LogP contribution in [-0.4, -0.2) is 16.1 Å². The quantitative estimate of drug-likeness (QED) is 0.637. The number of furan rings is 1. The Labute approximate surface area is 151 Å². The van der Waals surface area contributed by atoms with E-state index in [0.717, 1.165) is 14.9 Å². The lowest BCUT2D eigenvalue weighted by Crippen LogP contribution is -2.10. The summed E-state index contributed by atoms with van der Waals surface area (Å²) in [7, 11) is 0. The second kappa shape index (κ2) is 6.64. The summed E-state index contributed by atoms with van der Waals surface area (Å²) in [4.78, 5) is 12.4. The van der Waals surface area contributed by atoms with Crippen molar-refractivity contribution in [2.45, 2.75) is 38.0 Å². The number of nitrogens with one attached hydrogen (secondary N) is 1. The summed E-state index contributed by atoms with van der Waals surface area (Å²) in [5, 5.41) is 13.6. The summed E-state index contributed by atoms with van der Waals surface area (Å²) in [5.74, 6) is 0.469. The van der Waals surface area contributed by atoms with Gasteiger partial charge in [-0.1, -0.05) is 46.5 Å². The van der Waals surface area contributed by atoms with Gasteiger partial charge in [0, 0.05) is 15.8 Å². The molecule has 5 nitrogen and oxygen atoms in total. The molecule has 2 heterocycles. The molecule has 4 rings (SSSR count). The summed E-state index contributed by atoms with van der Waals surface area (Å²) in [5.41, 5.74) is 0.684. The number of fused-ring (bicyclic) bond motifs is 1. The van der Waals surface area contributed by atoms with Crippen LogP contribution in [0.1, 0.15) is 53.6 Å². The van der Waals surface area contributed by atoms with Crippen molar-refractivity contribution in [1.82, 2.24) is 10.2 Å². The van der Waals surface area contributed by atoms with Gasteiger partial charge in [-0.3, -0.25) is 10.1 Å². The van der Waals surface area contributed by atoms with E-state index in [1.807, 2.05) is 18.2 Å². The number of benzene rings is 1. The Morgan fingerprint density at radius 3 is 2.88 bits per heavy atom. The molecule has 0 radical (unpaired) electrons. The Morgan fingerprint density at radius 1 is 1.21 bits per heavy atom. The first-order chi connectivity index (χ1) is 11.7. The zero-order valence-corrected chi connectivity index (χ0v) is 15.3. The fourth-order valence-corrected chi connectivity index (χ4v) is 4.37. The molecule has 1 aromatic carbocycles. The zero-order chi connectivity index (χ0) is 16.5. The van der Waals surface area contributed by atoms with Crippen molar-refractivity contribution in [1.29, 1.82) is 0 Å². The SMILES string of the molecule is O=C(Nc1nnc(C2CCCCC2)s1)c1cc2cc(Br)ccc2o1. The Kier molecular flexibility index (Phi) is 4.37. The molecule has 0 saturated heterocycles. The molecule has 0 spiro atoms. The third-order valence-corrected chi connectivity index (χ3v) is 5.81. The Bertz CT molecular complexity index is 883. The van der Waals surface area contributed by atoms with Crippen LogP contribution in [0.15, 0.2) is 33.2 Å². The van der Waals surface area contributed by atoms with Crippen LogP contribution in [0.5, 0.6) is 0 Å². The maximum absolute atomic E-state index is 12.4. The predicted molar refractivity (Wildman–Crippen MR) is 97.6 cm³/mol. The van der Waals surface area contributed by atoms with Gasteiger partial charge in [-0.05, 0) is 37.1 Å². The van der Waals surface area contributed by atoms with E-state index >= 15 is 0 Å². The number of amides is 1. The molecule has 0 atom stereocenters. The average molecular weight is 406 g/mol. The highest BCUT2D eigenvalue weighted by Crippen LogP contribution is 2.35. The zero-order valence-electron chi connectivity index (χ0n) is 12.9.